The molecule has 0 bridgehead atoms. The molecule has 25 heavy (non-hydrogen) atoms. The van der Waals surface area contributed by atoms with Gasteiger partial charge in [0.2, 0.25) is 0 Å². The van der Waals surface area contributed by atoms with E-state index in [0.29, 0.717) is 0 Å². The number of hydrogen-bond donors (Lipinski definition) is 1. The molecule has 2 rings (SSSR count). The molecule has 0 fully saturated rings. The van der Waals surface area contributed by atoms with E-state index in [2.05, 4.69) is 68.6 Å². The van der Waals surface area contributed by atoms with E-state index in [-0.39, 0.29) is 0 Å². The fourth-order valence-corrected chi connectivity index (χ4v) is 7.33. The van der Waals surface area contributed by atoms with Gasteiger partial charge in [-0.1, -0.05) is 0 Å². The monoisotopic (exact) mass is 354 g/mol. The Morgan fingerprint density at radius 2 is 1.32 bits per heavy atom. The second kappa shape index (κ2) is 9.70. The summed E-state index contributed by atoms with van der Waals surface area (Å²) in [6.45, 7) is 10.00. The van der Waals surface area contributed by atoms with Crippen LogP contribution in [0.2, 0.25) is 0 Å². The van der Waals surface area contributed by atoms with Crippen LogP contribution in [0.5, 0.6) is 0 Å². The Balaban J connectivity index is 2.59. The predicted octanol–water partition coefficient (Wildman–Crippen LogP) is 4.94. The Labute approximate surface area is 153 Å². The van der Waals surface area contributed by atoms with Crippen molar-refractivity contribution in [3.8, 4) is 0 Å². The molecule has 0 aliphatic carbocycles. The van der Waals surface area contributed by atoms with Gasteiger partial charge in [-0.2, -0.15) is 0 Å². The van der Waals surface area contributed by atoms with Gasteiger partial charge in [0.05, 0.1) is 0 Å². The normalized spacial score (nSPS) is 11.9. The zero-order valence-corrected chi connectivity index (χ0v) is 16.4. The van der Waals surface area contributed by atoms with Crippen LogP contribution in [0.15, 0.2) is 73.8 Å². The Morgan fingerprint density at radius 3 is 1.76 bits per heavy atom. The first kappa shape index (κ1) is 19.6. The van der Waals surface area contributed by atoms with Gasteiger partial charge >= 0.3 is 153 Å². The summed E-state index contributed by atoms with van der Waals surface area (Å²) in [5.41, 5.74) is 2.41. The van der Waals surface area contributed by atoms with E-state index in [0.717, 1.165) is 48.9 Å². The van der Waals surface area contributed by atoms with Gasteiger partial charge in [-0.25, -0.2) is 0 Å². The molecule has 0 spiro atoms. The minimum absolute atomic E-state index is 0.795. The summed E-state index contributed by atoms with van der Waals surface area (Å²) >= 11 is 0. The summed E-state index contributed by atoms with van der Waals surface area (Å²) < 4.78 is 0. The van der Waals surface area contributed by atoms with Gasteiger partial charge in [-0.05, 0) is 0 Å². The van der Waals surface area contributed by atoms with Crippen molar-refractivity contribution in [2.24, 2.45) is 0 Å². The summed E-state index contributed by atoms with van der Waals surface area (Å²) in [6, 6.07) is 16.7. The van der Waals surface area contributed by atoms with Crippen molar-refractivity contribution in [3.63, 3.8) is 0 Å². The molecule has 2 aromatic carbocycles. The van der Waals surface area contributed by atoms with Gasteiger partial charge in [0.15, 0.2) is 0 Å². The molecule has 134 valence electrons. The second-order valence-electron chi connectivity index (χ2n) is 6.62. The molecular formula is C23H31OP. The van der Waals surface area contributed by atoms with Gasteiger partial charge in [0.25, 0.3) is 0 Å². The Hall–Kier alpha value is -1.69. The molecule has 0 aliphatic heterocycles. The first-order valence-corrected chi connectivity index (χ1v) is 11.4. The number of benzene rings is 2. The van der Waals surface area contributed by atoms with E-state index in [9.17, 15) is 4.89 Å². The summed E-state index contributed by atoms with van der Waals surface area (Å²) in [7, 11) is -2.80. The first-order valence-electron chi connectivity index (χ1n) is 9.28. The van der Waals surface area contributed by atoms with Crippen LogP contribution in [0, 0.1) is 0 Å². The van der Waals surface area contributed by atoms with E-state index < -0.39 is 7.49 Å². The number of rotatable bonds is 10. The zero-order chi connectivity index (χ0) is 18.1. The molecule has 1 N–H and O–H groups in total. The van der Waals surface area contributed by atoms with Gasteiger partial charge in [0.1, 0.15) is 0 Å². The van der Waals surface area contributed by atoms with Crippen molar-refractivity contribution < 1.29 is 4.89 Å². The molecule has 0 saturated heterocycles. The molecule has 0 amide bonds. The van der Waals surface area contributed by atoms with Crippen molar-refractivity contribution in [2.45, 2.75) is 39.0 Å². The van der Waals surface area contributed by atoms with Crippen LogP contribution >= 0.6 is 7.49 Å². The first-order chi connectivity index (χ1) is 12.2. The Morgan fingerprint density at radius 1 is 0.840 bits per heavy atom. The molecule has 0 heterocycles. The van der Waals surface area contributed by atoms with E-state index in [1.54, 1.807) is 0 Å². The zero-order valence-electron chi connectivity index (χ0n) is 15.4. The van der Waals surface area contributed by atoms with Gasteiger partial charge in [-0.3, -0.25) is 0 Å². The molecule has 1 nitrogen and oxygen atoms in total. The third-order valence-electron chi connectivity index (χ3n) is 4.80. The summed E-state index contributed by atoms with van der Waals surface area (Å²) in [6.07, 6.45) is 9.68. The molecule has 0 aliphatic rings. The van der Waals surface area contributed by atoms with Crippen molar-refractivity contribution in [1.82, 2.24) is 0 Å². The number of unbranched alkanes of at least 4 members (excludes halogenated alkanes) is 2. The molecular weight excluding hydrogens is 323 g/mol. The average molecular weight is 354 g/mol. The van der Waals surface area contributed by atoms with Crippen LogP contribution in [0.3, 0.4) is 0 Å². The van der Waals surface area contributed by atoms with Gasteiger partial charge in [0, 0.05) is 0 Å². The van der Waals surface area contributed by atoms with Crippen LogP contribution in [-0.2, 0) is 12.8 Å². The fraction of sp³-hybridized carbons (Fsp3) is 0.304. The quantitative estimate of drug-likeness (QED) is 0.364. The van der Waals surface area contributed by atoms with Crippen LogP contribution in [0.4, 0.5) is 0 Å². The molecule has 2 aromatic rings. The second-order valence-corrected chi connectivity index (χ2v) is 9.92. The molecule has 0 aromatic heterocycles. The molecule has 0 unspecified atom stereocenters. The SMILES string of the molecule is C=CCc1ccccc1[PH](O)(CCCCC)c1ccccc1CC=C. The summed E-state index contributed by atoms with van der Waals surface area (Å²) in [4.78, 5) is 12.1. The molecule has 0 radical (unpaired) electrons. The molecule has 0 saturated carbocycles. The third kappa shape index (κ3) is 4.69. The average Bonchev–Trinajstić information content (AvgIpc) is 2.63. The Bertz CT molecular complexity index is 651. The summed E-state index contributed by atoms with van der Waals surface area (Å²) in [5, 5.41) is 2.28. The predicted molar refractivity (Wildman–Crippen MR) is 115 cm³/mol. The number of allylic oxidation sites excluding steroid dienone is 2. The van der Waals surface area contributed by atoms with E-state index >= 15 is 0 Å². The van der Waals surface area contributed by atoms with Gasteiger partial charge < -0.3 is 0 Å². The van der Waals surface area contributed by atoms with Crippen molar-refractivity contribution in [1.29, 1.82) is 0 Å². The van der Waals surface area contributed by atoms with Crippen LogP contribution in [0.25, 0.3) is 0 Å². The molecule has 2 heteroatoms. The van der Waals surface area contributed by atoms with E-state index in [1.165, 1.54) is 11.1 Å². The summed E-state index contributed by atoms with van der Waals surface area (Å²) in [5.74, 6) is 0. The minimum atomic E-state index is -2.80. The van der Waals surface area contributed by atoms with Crippen LogP contribution < -0.4 is 10.6 Å². The number of hydrogen-bond acceptors (Lipinski definition) is 1. The van der Waals surface area contributed by atoms with Crippen LogP contribution in [-0.4, -0.2) is 11.1 Å². The molecule has 0 atom stereocenters. The topological polar surface area (TPSA) is 20.2 Å². The maximum atomic E-state index is 12.1. The van der Waals surface area contributed by atoms with Crippen molar-refractivity contribution >= 4 is 18.1 Å². The maximum absolute atomic E-state index is 12.1. The van der Waals surface area contributed by atoms with Crippen molar-refractivity contribution in [2.75, 3.05) is 6.16 Å². The van der Waals surface area contributed by atoms with Crippen molar-refractivity contribution in [3.05, 3.63) is 85.0 Å². The van der Waals surface area contributed by atoms with Gasteiger partial charge in [-0.15, -0.1) is 0 Å². The third-order valence-corrected chi connectivity index (χ3v) is 8.63. The Kier molecular flexibility index (Phi) is 7.62. The van der Waals surface area contributed by atoms with Crippen LogP contribution in [0.1, 0.15) is 37.3 Å². The van der Waals surface area contributed by atoms with E-state index in [1.807, 2.05) is 12.2 Å². The standard InChI is InChI=1S/C23H31OP/c1-4-7-12-19-25(24,22-17-10-8-15-20(22)13-5-2)23-18-11-9-16-21(23)14-6-3/h5-6,8-11,15-18,24-25H,2-4,7,12-14,19H2,1H3. The fourth-order valence-electron chi connectivity index (χ4n) is 3.56. The van der Waals surface area contributed by atoms with E-state index in [4.69, 9.17) is 0 Å².